The molecule has 0 fully saturated rings. The van der Waals surface area contributed by atoms with Crippen LogP contribution in [0.2, 0.25) is 5.15 Å². The van der Waals surface area contributed by atoms with Crippen molar-refractivity contribution in [3.8, 4) is 0 Å². The predicted octanol–water partition coefficient (Wildman–Crippen LogP) is 3.35. The van der Waals surface area contributed by atoms with Crippen molar-refractivity contribution in [1.82, 2.24) is 9.97 Å². The summed E-state index contributed by atoms with van der Waals surface area (Å²) in [6.07, 6.45) is 0. The molecule has 0 aliphatic rings. The number of rotatable bonds is 4. The number of nitrogens with one attached hydrogen (secondary N) is 1. The van der Waals surface area contributed by atoms with E-state index < -0.39 is 6.04 Å². The molecule has 1 atom stereocenters. The first-order chi connectivity index (χ1) is 9.57. The van der Waals surface area contributed by atoms with Crippen molar-refractivity contribution in [2.45, 2.75) is 53.0 Å². The molecule has 0 spiro atoms. The van der Waals surface area contributed by atoms with Gasteiger partial charge in [0.25, 0.3) is 0 Å². The van der Waals surface area contributed by atoms with Crippen molar-refractivity contribution in [1.29, 1.82) is 0 Å². The third-order valence-corrected chi connectivity index (χ3v) is 3.54. The minimum Gasteiger partial charge on any atom is -0.467 e. The van der Waals surface area contributed by atoms with Crippen LogP contribution in [0.4, 0.5) is 5.82 Å². The number of carbonyl (C=O) groups is 1. The van der Waals surface area contributed by atoms with Crippen LogP contribution in [-0.4, -0.2) is 29.1 Å². The monoisotopic (exact) mass is 313 g/mol. The molecular weight excluding hydrogens is 290 g/mol. The van der Waals surface area contributed by atoms with Gasteiger partial charge >= 0.3 is 5.97 Å². The average Bonchev–Trinajstić information content (AvgIpc) is 2.37. The number of hydrogen-bond donors (Lipinski definition) is 1. The minimum atomic E-state index is -0.479. The van der Waals surface area contributed by atoms with Crippen LogP contribution >= 0.6 is 11.6 Å². The van der Waals surface area contributed by atoms with Gasteiger partial charge in [0.1, 0.15) is 22.8 Å². The topological polar surface area (TPSA) is 64.1 Å². The second kappa shape index (κ2) is 6.60. The smallest absolute Gasteiger partial charge is 0.328 e. The van der Waals surface area contributed by atoms with Crippen LogP contribution in [-0.2, 0) is 14.9 Å². The Balaban J connectivity index is 3.23. The van der Waals surface area contributed by atoms with E-state index in [2.05, 4.69) is 15.3 Å². The normalized spacial score (nSPS) is 13.2. The molecule has 1 heterocycles. The first-order valence-corrected chi connectivity index (χ1v) is 7.34. The Morgan fingerprint density at radius 2 is 1.86 bits per heavy atom. The van der Waals surface area contributed by atoms with Crippen LogP contribution in [0.25, 0.3) is 0 Å². The van der Waals surface area contributed by atoms with Crippen LogP contribution in [0.15, 0.2) is 0 Å². The van der Waals surface area contributed by atoms with Gasteiger partial charge in [-0.3, -0.25) is 0 Å². The first kappa shape index (κ1) is 17.7. The lowest BCUT2D eigenvalue weighted by Gasteiger charge is -2.24. The Morgan fingerprint density at radius 3 is 2.29 bits per heavy atom. The summed E-state index contributed by atoms with van der Waals surface area (Å²) in [6.45, 7) is 11.7. The van der Waals surface area contributed by atoms with E-state index in [1.165, 1.54) is 7.11 Å². The molecule has 0 saturated heterocycles. The molecule has 5 nitrogen and oxygen atoms in total. The van der Waals surface area contributed by atoms with E-state index >= 15 is 0 Å². The lowest BCUT2D eigenvalue weighted by atomic mass is 9.95. The van der Waals surface area contributed by atoms with Gasteiger partial charge in [-0.15, -0.1) is 0 Å². The van der Waals surface area contributed by atoms with E-state index in [1.54, 1.807) is 0 Å². The molecule has 6 heteroatoms. The Kier molecular flexibility index (Phi) is 5.56. The number of carbonyl (C=O) groups excluding carboxylic acids is 1. The van der Waals surface area contributed by atoms with Gasteiger partial charge in [0.05, 0.1) is 7.11 Å². The summed E-state index contributed by atoms with van der Waals surface area (Å²) in [5, 5.41) is 3.53. The maximum atomic E-state index is 11.9. The molecule has 0 aliphatic carbocycles. The fraction of sp³-hybridized carbons (Fsp3) is 0.667. The van der Waals surface area contributed by atoms with E-state index in [-0.39, 0.29) is 17.3 Å². The highest BCUT2D eigenvalue weighted by Crippen LogP contribution is 2.27. The summed E-state index contributed by atoms with van der Waals surface area (Å²) >= 11 is 6.19. The van der Waals surface area contributed by atoms with Crippen molar-refractivity contribution in [2.24, 2.45) is 5.92 Å². The van der Waals surface area contributed by atoms with Crippen molar-refractivity contribution in [2.75, 3.05) is 12.4 Å². The average molecular weight is 314 g/mol. The highest BCUT2D eigenvalue weighted by atomic mass is 35.5. The molecule has 1 N–H and O–H groups in total. The number of nitrogens with zero attached hydrogens (tertiary/aromatic N) is 2. The Labute approximate surface area is 131 Å². The number of ether oxygens (including phenoxy) is 1. The minimum absolute atomic E-state index is 0.0590. The highest BCUT2D eigenvalue weighted by molar-refractivity contribution is 6.30. The highest BCUT2D eigenvalue weighted by Gasteiger charge is 2.26. The second-order valence-electron chi connectivity index (χ2n) is 6.45. The number of anilines is 1. The second-order valence-corrected chi connectivity index (χ2v) is 6.81. The molecule has 1 rings (SSSR count). The van der Waals surface area contributed by atoms with E-state index in [4.69, 9.17) is 16.3 Å². The van der Waals surface area contributed by atoms with E-state index in [1.807, 2.05) is 41.5 Å². The Hall–Kier alpha value is -1.36. The first-order valence-electron chi connectivity index (χ1n) is 6.97. The van der Waals surface area contributed by atoms with E-state index in [0.29, 0.717) is 16.8 Å². The standard InChI is InChI=1S/C15H24ClN3O2/c1-8(2)10(13(20)21-7)17-12-9(3)11(16)18-14(19-12)15(4,5)6/h8,10H,1-7H3,(H,17,18,19). The zero-order valence-corrected chi connectivity index (χ0v) is 14.5. The Bertz CT molecular complexity index is 524. The molecule has 1 aromatic rings. The summed E-state index contributed by atoms with van der Waals surface area (Å²) in [7, 11) is 1.37. The lowest BCUT2D eigenvalue weighted by molar-refractivity contribution is -0.142. The van der Waals surface area contributed by atoms with Gasteiger partial charge in [0.2, 0.25) is 0 Å². The summed E-state index contributed by atoms with van der Waals surface area (Å²) in [5.74, 6) is 0.942. The number of methoxy groups -OCH3 is 1. The van der Waals surface area contributed by atoms with Crippen LogP contribution in [0.1, 0.15) is 46.0 Å². The van der Waals surface area contributed by atoms with Crippen LogP contribution in [0, 0.1) is 12.8 Å². The number of aromatic nitrogens is 2. The molecule has 1 unspecified atom stereocenters. The molecule has 0 saturated carbocycles. The third-order valence-electron chi connectivity index (χ3n) is 3.17. The summed E-state index contributed by atoms with van der Waals surface area (Å²) in [5.41, 5.74) is 0.492. The van der Waals surface area contributed by atoms with Gasteiger partial charge in [-0.1, -0.05) is 46.2 Å². The van der Waals surface area contributed by atoms with Crippen molar-refractivity contribution in [3.05, 3.63) is 16.5 Å². The third kappa shape index (κ3) is 4.30. The lowest BCUT2D eigenvalue weighted by Crippen LogP contribution is -2.36. The quantitative estimate of drug-likeness (QED) is 0.682. The molecule has 118 valence electrons. The fourth-order valence-corrected chi connectivity index (χ4v) is 1.91. The van der Waals surface area contributed by atoms with Crippen LogP contribution in [0.3, 0.4) is 0 Å². The maximum absolute atomic E-state index is 11.9. The number of esters is 1. The van der Waals surface area contributed by atoms with Gasteiger partial charge in [-0.2, -0.15) is 0 Å². The van der Waals surface area contributed by atoms with Gasteiger partial charge < -0.3 is 10.1 Å². The van der Waals surface area contributed by atoms with Crippen molar-refractivity contribution < 1.29 is 9.53 Å². The van der Waals surface area contributed by atoms with Crippen LogP contribution in [0.5, 0.6) is 0 Å². The zero-order chi connectivity index (χ0) is 16.4. The molecular formula is C15H24ClN3O2. The molecule has 21 heavy (non-hydrogen) atoms. The summed E-state index contributed by atoms with van der Waals surface area (Å²) in [6, 6.07) is -0.479. The fourth-order valence-electron chi connectivity index (χ4n) is 1.74. The largest absolute Gasteiger partial charge is 0.467 e. The maximum Gasteiger partial charge on any atom is 0.328 e. The SMILES string of the molecule is COC(=O)C(Nc1nc(C(C)(C)C)nc(Cl)c1C)C(C)C. The van der Waals surface area contributed by atoms with Gasteiger partial charge in [0.15, 0.2) is 0 Å². The van der Waals surface area contributed by atoms with Gasteiger partial charge in [-0.05, 0) is 12.8 Å². The predicted molar refractivity (Wildman–Crippen MR) is 84.7 cm³/mol. The molecule has 1 aromatic heterocycles. The zero-order valence-electron chi connectivity index (χ0n) is 13.7. The molecule has 0 aliphatic heterocycles. The van der Waals surface area contributed by atoms with Gasteiger partial charge in [0, 0.05) is 11.0 Å². The number of hydrogen-bond acceptors (Lipinski definition) is 5. The molecule has 0 radical (unpaired) electrons. The summed E-state index contributed by atoms with van der Waals surface area (Å²) in [4.78, 5) is 20.7. The van der Waals surface area contributed by atoms with Crippen LogP contribution < -0.4 is 5.32 Å². The molecule has 0 bridgehead atoms. The molecule has 0 amide bonds. The van der Waals surface area contributed by atoms with Gasteiger partial charge in [-0.25, -0.2) is 14.8 Å². The van der Waals surface area contributed by atoms with Crippen molar-refractivity contribution >= 4 is 23.4 Å². The summed E-state index contributed by atoms with van der Waals surface area (Å²) < 4.78 is 4.84. The van der Waals surface area contributed by atoms with Crippen molar-refractivity contribution in [3.63, 3.8) is 0 Å². The number of halogens is 1. The van der Waals surface area contributed by atoms with E-state index in [0.717, 1.165) is 5.56 Å². The molecule has 0 aromatic carbocycles. The van der Waals surface area contributed by atoms with E-state index in [9.17, 15) is 4.79 Å². The Morgan fingerprint density at radius 1 is 1.29 bits per heavy atom.